The maximum Gasteiger partial charge on any atom is 0.252 e. The van der Waals surface area contributed by atoms with Gasteiger partial charge in [-0.3, -0.25) is 4.79 Å². The van der Waals surface area contributed by atoms with Crippen molar-refractivity contribution in [2.75, 3.05) is 18.0 Å². The molecule has 1 aliphatic heterocycles. The fourth-order valence-corrected chi connectivity index (χ4v) is 2.88. The molecule has 0 bridgehead atoms. The highest BCUT2D eigenvalue weighted by Crippen LogP contribution is 2.26. The molecule has 1 aromatic carbocycles. The fraction of sp³-hybridized carbons (Fsp3) is 0.400. The quantitative estimate of drug-likeness (QED) is 0.841. The van der Waals surface area contributed by atoms with Gasteiger partial charge in [0, 0.05) is 37.6 Å². The van der Waals surface area contributed by atoms with Gasteiger partial charge in [-0.1, -0.05) is 18.2 Å². The monoisotopic (exact) mass is 257 g/mol. The van der Waals surface area contributed by atoms with Crippen molar-refractivity contribution in [2.45, 2.75) is 18.9 Å². The van der Waals surface area contributed by atoms with Crippen molar-refractivity contribution in [3.05, 3.63) is 40.7 Å². The van der Waals surface area contributed by atoms with Crippen LogP contribution in [-0.2, 0) is 7.05 Å². The summed E-state index contributed by atoms with van der Waals surface area (Å²) in [6.07, 6.45) is 2.16. The van der Waals surface area contributed by atoms with E-state index in [4.69, 9.17) is 5.73 Å². The molecule has 0 unspecified atom stereocenters. The molecule has 1 aliphatic rings. The first-order valence-electron chi connectivity index (χ1n) is 6.76. The Bertz CT molecular complexity index is 662. The van der Waals surface area contributed by atoms with Crippen LogP contribution in [0.2, 0.25) is 0 Å². The molecule has 1 atom stereocenters. The molecule has 0 spiro atoms. The highest BCUT2D eigenvalue weighted by molar-refractivity contribution is 5.91. The lowest BCUT2D eigenvalue weighted by Gasteiger charge is -2.33. The minimum Gasteiger partial charge on any atom is -0.369 e. The Morgan fingerprint density at radius 2 is 2.11 bits per heavy atom. The van der Waals surface area contributed by atoms with Crippen LogP contribution in [0.5, 0.6) is 0 Å². The predicted molar refractivity (Wildman–Crippen MR) is 78.6 cm³/mol. The van der Waals surface area contributed by atoms with Crippen molar-refractivity contribution < 1.29 is 0 Å². The van der Waals surface area contributed by atoms with Gasteiger partial charge in [-0.2, -0.15) is 0 Å². The molecule has 1 saturated heterocycles. The molecule has 2 heterocycles. The summed E-state index contributed by atoms with van der Waals surface area (Å²) in [4.78, 5) is 14.3. The number of fused-ring (bicyclic) bond motifs is 1. The molecule has 2 aromatic rings. The first kappa shape index (κ1) is 12.2. The molecule has 19 heavy (non-hydrogen) atoms. The smallest absolute Gasteiger partial charge is 0.252 e. The molecule has 1 aromatic heterocycles. The lowest BCUT2D eigenvalue weighted by molar-refractivity contribution is 0.506. The summed E-state index contributed by atoms with van der Waals surface area (Å²) in [7, 11) is 1.82. The van der Waals surface area contributed by atoms with Crippen LogP contribution in [0.15, 0.2) is 35.1 Å². The van der Waals surface area contributed by atoms with Crippen molar-refractivity contribution in [2.24, 2.45) is 12.8 Å². The Kier molecular flexibility index (Phi) is 3.03. The zero-order valence-electron chi connectivity index (χ0n) is 11.2. The van der Waals surface area contributed by atoms with Crippen molar-refractivity contribution in [3.8, 4) is 0 Å². The summed E-state index contributed by atoms with van der Waals surface area (Å²) in [5, 5.41) is 1.12. The highest BCUT2D eigenvalue weighted by atomic mass is 16.1. The first-order chi connectivity index (χ1) is 9.16. The van der Waals surface area contributed by atoms with Crippen LogP contribution in [-0.4, -0.2) is 23.7 Å². The van der Waals surface area contributed by atoms with E-state index >= 15 is 0 Å². The molecule has 4 heteroatoms. The number of rotatable bonds is 1. The van der Waals surface area contributed by atoms with Gasteiger partial charge in [0.15, 0.2) is 0 Å². The molecule has 1 fully saturated rings. The average Bonchev–Trinajstić information content (AvgIpc) is 2.43. The summed E-state index contributed by atoms with van der Waals surface area (Å²) in [5.74, 6) is 0. The van der Waals surface area contributed by atoms with Crippen LogP contribution < -0.4 is 16.2 Å². The van der Waals surface area contributed by atoms with Crippen LogP contribution in [0, 0.1) is 0 Å². The standard InChI is InChI=1S/C15H19N3O/c1-17-13-7-3-2-6-12(13)14(9-15(17)19)18-8-4-5-11(16)10-18/h2-3,6-7,9,11H,4-5,8,10,16H2,1H3/t11-/m1/s1. The van der Waals surface area contributed by atoms with Gasteiger partial charge in [0.05, 0.1) is 11.2 Å². The van der Waals surface area contributed by atoms with Gasteiger partial charge in [0.1, 0.15) is 0 Å². The molecular formula is C15H19N3O. The normalized spacial score (nSPS) is 19.9. The Labute approximate surface area is 112 Å². The van der Waals surface area contributed by atoms with E-state index in [0.717, 1.165) is 42.5 Å². The second-order valence-corrected chi connectivity index (χ2v) is 5.29. The lowest BCUT2D eigenvalue weighted by atomic mass is 10.0. The van der Waals surface area contributed by atoms with E-state index in [0.29, 0.717) is 0 Å². The van der Waals surface area contributed by atoms with E-state index in [-0.39, 0.29) is 11.6 Å². The van der Waals surface area contributed by atoms with Crippen molar-refractivity contribution in [1.82, 2.24) is 4.57 Å². The Balaban J connectivity index is 2.18. The minimum atomic E-state index is 0.0350. The van der Waals surface area contributed by atoms with Crippen LogP contribution in [0.3, 0.4) is 0 Å². The van der Waals surface area contributed by atoms with Gasteiger partial charge in [-0.25, -0.2) is 0 Å². The average molecular weight is 257 g/mol. The van der Waals surface area contributed by atoms with Crippen molar-refractivity contribution >= 4 is 16.6 Å². The predicted octanol–water partition coefficient (Wildman–Crippen LogP) is 1.47. The van der Waals surface area contributed by atoms with Gasteiger partial charge in [-0.15, -0.1) is 0 Å². The lowest BCUT2D eigenvalue weighted by Crippen LogP contribution is -2.43. The largest absolute Gasteiger partial charge is 0.369 e. The van der Waals surface area contributed by atoms with E-state index in [2.05, 4.69) is 11.0 Å². The van der Waals surface area contributed by atoms with Crippen LogP contribution in [0.4, 0.5) is 5.69 Å². The van der Waals surface area contributed by atoms with Gasteiger partial charge < -0.3 is 15.2 Å². The summed E-state index contributed by atoms with van der Waals surface area (Å²) >= 11 is 0. The summed E-state index contributed by atoms with van der Waals surface area (Å²) in [5.41, 5.74) is 8.08. The second kappa shape index (κ2) is 4.70. The Morgan fingerprint density at radius 3 is 2.89 bits per heavy atom. The van der Waals surface area contributed by atoms with Gasteiger partial charge in [0.2, 0.25) is 0 Å². The fourth-order valence-electron chi connectivity index (χ4n) is 2.88. The molecule has 0 radical (unpaired) electrons. The Morgan fingerprint density at radius 1 is 1.32 bits per heavy atom. The molecule has 0 saturated carbocycles. The van der Waals surface area contributed by atoms with Gasteiger partial charge >= 0.3 is 0 Å². The zero-order valence-corrected chi connectivity index (χ0v) is 11.2. The third kappa shape index (κ3) is 2.12. The maximum atomic E-state index is 12.1. The molecule has 3 rings (SSSR count). The molecule has 100 valence electrons. The molecule has 4 nitrogen and oxygen atoms in total. The van der Waals surface area contributed by atoms with E-state index in [1.165, 1.54) is 0 Å². The van der Waals surface area contributed by atoms with Crippen LogP contribution in [0.1, 0.15) is 12.8 Å². The number of aromatic nitrogens is 1. The number of para-hydroxylation sites is 1. The topological polar surface area (TPSA) is 51.3 Å². The first-order valence-corrected chi connectivity index (χ1v) is 6.76. The van der Waals surface area contributed by atoms with E-state index in [1.807, 2.05) is 25.2 Å². The summed E-state index contributed by atoms with van der Waals surface area (Å²) < 4.78 is 1.70. The number of hydrogen-bond donors (Lipinski definition) is 1. The number of aryl methyl sites for hydroxylation is 1. The summed E-state index contributed by atoms with van der Waals surface area (Å²) in [6, 6.07) is 9.99. The van der Waals surface area contributed by atoms with Crippen molar-refractivity contribution in [1.29, 1.82) is 0 Å². The van der Waals surface area contributed by atoms with Crippen LogP contribution >= 0.6 is 0 Å². The number of anilines is 1. The second-order valence-electron chi connectivity index (χ2n) is 5.29. The Hall–Kier alpha value is -1.81. The molecular weight excluding hydrogens is 238 g/mol. The number of piperidine rings is 1. The number of pyridine rings is 1. The van der Waals surface area contributed by atoms with E-state index < -0.39 is 0 Å². The maximum absolute atomic E-state index is 12.1. The third-order valence-corrected chi connectivity index (χ3v) is 3.93. The molecule has 0 amide bonds. The SMILES string of the molecule is Cn1c(=O)cc(N2CCC[C@@H](N)C2)c2ccccc21. The number of benzene rings is 1. The van der Waals surface area contributed by atoms with E-state index in [9.17, 15) is 4.79 Å². The third-order valence-electron chi connectivity index (χ3n) is 3.93. The number of nitrogens with two attached hydrogens (primary N) is 1. The van der Waals surface area contributed by atoms with Gasteiger partial charge in [0.25, 0.3) is 5.56 Å². The van der Waals surface area contributed by atoms with Crippen LogP contribution in [0.25, 0.3) is 10.9 Å². The number of nitrogens with zero attached hydrogens (tertiary/aromatic N) is 2. The number of hydrogen-bond acceptors (Lipinski definition) is 3. The minimum absolute atomic E-state index is 0.0350. The zero-order chi connectivity index (χ0) is 13.4. The molecule has 2 N–H and O–H groups in total. The molecule has 0 aliphatic carbocycles. The van der Waals surface area contributed by atoms with Crippen molar-refractivity contribution in [3.63, 3.8) is 0 Å². The highest BCUT2D eigenvalue weighted by Gasteiger charge is 2.19. The van der Waals surface area contributed by atoms with E-state index in [1.54, 1.807) is 10.6 Å². The van der Waals surface area contributed by atoms with Gasteiger partial charge in [-0.05, 0) is 18.9 Å². The summed E-state index contributed by atoms with van der Waals surface area (Å²) in [6.45, 7) is 1.81.